The molecule has 1 saturated heterocycles. The Hall–Kier alpha value is -1.32. The van der Waals surface area contributed by atoms with Crippen LogP contribution in [0.15, 0.2) is 18.2 Å². The standard InChI is InChI=1S/C12H16F2N2/c1-9-5-10(15)7-11(6-9)16-4-2-3-12(13,14)8-16/h5-7H,2-4,8,15H2,1H3. The molecule has 0 atom stereocenters. The van der Waals surface area contributed by atoms with E-state index in [1.54, 1.807) is 11.0 Å². The lowest BCUT2D eigenvalue weighted by molar-refractivity contribution is -0.0116. The van der Waals surface area contributed by atoms with E-state index in [2.05, 4.69) is 0 Å². The number of benzene rings is 1. The lowest BCUT2D eigenvalue weighted by Gasteiger charge is -2.34. The van der Waals surface area contributed by atoms with Gasteiger partial charge in [0.1, 0.15) is 0 Å². The molecule has 88 valence electrons. The Morgan fingerprint density at radius 3 is 2.69 bits per heavy atom. The first kappa shape index (κ1) is 11.2. The van der Waals surface area contributed by atoms with Crippen molar-refractivity contribution in [2.24, 2.45) is 0 Å². The fourth-order valence-corrected chi connectivity index (χ4v) is 2.16. The maximum Gasteiger partial charge on any atom is 0.265 e. The van der Waals surface area contributed by atoms with E-state index < -0.39 is 5.92 Å². The van der Waals surface area contributed by atoms with Gasteiger partial charge in [-0.25, -0.2) is 8.78 Å². The van der Waals surface area contributed by atoms with Crippen molar-refractivity contribution >= 4 is 11.4 Å². The van der Waals surface area contributed by atoms with Crippen molar-refractivity contribution in [2.75, 3.05) is 23.7 Å². The molecule has 2 nitrogen and oxygen atoms in total. The molecule has 1 aromatic rings. The van der Waals surface area contributed by atoms with Crippen molar-refractivity contribution in [1.29, 1.82) is 0 Å². The van der Waals surface area contributed by atoms with Gasteiger partial charge in [-0.05, 0) is 37.1 Å². The Labute approximate surface area is 94.0 Å². The number of rotatable bonds is 1. The molecule has 0 aliphatic carbocycles. The number of hydrogen-bond acceptors (Lipinski definition) is 2. The number of nitrogens with two attached hydrogens (primary N) is 1. The van der Waals surface area contributed by atoms with Crippen molar-refractivity contribution < 1.29 is 8.78 Å². The van der Waals surface area contributed by atoms with E-state index in [0.717, 1.165) is 11.3 Å². The monoisotopic (exact) mass is 226 g/mol. The molecule has 0 amide bonds. The highest BCUT2D eigenvalue weighted by Gasteiger charge is 2.35. The molecule has 16 heavy (non-hydrogen) atoms. The van der Waals surface area contributed by atoms with Crippen LogP contribution in [-0.4, -0.2) is 19.0 Å². The number of alkyl halides is 2. The molecule has 1 fully saturated rings. The summed E-state index contributed by atoms with van der Waals surface area (Å²) >= 11 is 0. The third-order valence-corrected chi connectivity index (χ3v) is 2.84. The minimum atomic E-state index is -2.57. The zero-order valence-corrected chi connectivity index (χ0v) is 9.34. The SMILES string of the molecule is Cc1cc(N)cc(N2CCCC(F)(F)C2)c1. The summed E-state index contributed by atoms with van der Waals surface area (Å²) < 4.78 is 26.5. The smallest absolute Gasteiger partial charge is 0.265 e. The second-order valence-electron chi connectivity index (χ2n) is 4.48. The van der Waals surface area contributed by atoms with Crippen LogP contribution in [0.4, 0.5) is 20.2 Å². The minimum Gasteiger partial charge on any atom is -0.399 e. The molecule has 0 aromatic heterocycles. The van der Waals surface area contributed by atoms with Gasteiger partial charge >= 0.3 is 0 Å². The van der Waals surface area contributed by atoms with Crippen LogP contribution in [-0.2, 0) is 0 Å². The van der Waals surface area contributed by atoms with E-state index in [-0.39, 0.29) is 13.0 Å². The van der Waals surface area contributed by atoms with E-state index in [4.69, 9.17) is 5.73 Å². The quantitative estimate of drug-likeness (QED) is 0.746. The van der Waals surface area contributed by atoms with Crippen LogP contribution in [0.5, 0.6) is 0 Å². The summed E-state index contributed by atoms with van der Waals surface area (Å²) in [4.78, 5) is 1.72. The van der Waals surface area contributed by atoms with Crippen molar-refractivity contribution in [3.63, 3.8) is 0 Å². The fourth-order valence-electron chi connectivity index (χ4n) is 2.16. The first-order valence-electron chi connectivity index (χ1n) is 5.46. The van der Waals surface area contributed by atoms with E-state index in [1.807, 2.05) is 19.1 Å². The molecule has 0 bridgehead atoms. The van der Waals surface area contributed by atoms with Gasteiger partial charge in [0.2, 0.25) is 0 Å². The van der Waals surface area contributed by atoms with Crippen LogP contribution < -0.4 is 10.6 Å². The highest BCUT2D eigenvalue weighted by atomic mass is 19.3. The minimum absolute atomic E-state index is 0.00913. The molecule has 2 N–H and O–H groups in total. The number of aryl methyl sites for hydroxylation is 1. The summed E-state index contributed by atoms with van der Waals surface area (Å²) in [5.41, 5.74) is 8.15. The van der Waals surface area contributed by atoms with Crippen molar-refractivity contribution in [2.45, 2.75) is 25.7 Å². The Morgan fingerprint density at radius 2 is 2.06 bits per heavy atom. The Balaban J connectivity index is 2.23. The summed E-state index contributed by atoms with van der Waals surface area (Å²) in [6, 6.07) is 5.50. The average molecular weight is 226 g/mol. The Kier molecular flexibility index (Phi) is 2.74. The van der Waals surface area contributed by atoms with Gasteiger partial charge in [-0.3, -0.25) is 0 Å². The van der Waals surface area contributed by atoms with E-state index in [1.165, 1.54) is 0 Å². The molecule has 0 unspecified atom stereocenters. The first-order chi connectivity index (χ1) is 7.46. The highest BCUT2D eigenvalue weighted by Crippen LogP contribution is 2.31. The molecule has 1 aliphatic rings. The van der Waals surface area contributed by atoms with Gasteiger partial charge in [-0.2, -0.15) is 0 Å². The number of anilines is 2. The molecular weight excluding hydrogens is 210 g/mol. The first-order valence-corrected chi connectivity index (χ1v) is 5.46. The summed E-state index contributed by atoms with van der Waals surface area (Å²) in [5, 5.41) is 0. The van der Waals surface area contributed by atoms with Gasteiger partial charge in [0.05, 0.1) is 6.54 Å². The zero-order chi connectivity index (χ0) is 11.8. The number of nitrogen functional groups attached to an aromatic ring is 1. The molecule has 2 rings (SSSR count). The molecule has 4 heteroatoms. The predicted molar refractivity (Wildman–Crippen MR) is 62.0 cm³/mol. The molecule has 0 spiro atoms. The summed E-state index contributed by atoms with van der Waals surface area (Å²) in [6.45, 7) is 2.40. The Bertz CT molecular complexity index is 370. The molecule has 1 aliphatic heterocycles. The number of halogens is 2. The number of hydrogen-bond donors (Lipinski definition) is 1. The molecule has 0 saturated carbocycles. The molecular formula is C12H16F2N2. The van der Waals surface area contributed by atoms with E-state index >= 15 is 0 Å². The summed E-state index contributed by atoms with van der Waals surface area (Å²) in [7, 11) is 0. The van der Waals surface area contributed by atoms with Crippen LogP contribution in [0.2, 0.25) is 0 Å². The van der Waals surface area contributed by atoms with Gasteiger partial charge in [0, 0.05) is 24.3 Å². The second kappa shape index (κ2) is 3.92. The lowest BCUT2D eigenvalue weighted by Crippen LogP contribution is -2.42. The maximum atomic E-state index is 13.3. The fraction of sp³-hybridized carbons (Fsp3) is 0.500. The topological polar surface area (TPSA) is 29.3 Å². The summed E-state index contributed by atoms with van der Waals surface area (Å²) in [6.07, 6.45) is 0.519. The van der Waals surface area contributed by atoms with Gasteiger partial charge in [0.25, 0.3) is 5.92 Å². The highest BCUT2D eigenvalue weighted by molar-refractivity contribution is 5.58. The molecule has 1 aromatic carbocycles. The predicted octanol–water partition coefficient (Wildman–Crippen LogP) is 2.81. The second-order valence-corrected chi connectivity index (χ2v) is 4.48. The van der Waals surface area contributed by atoms with Gasteiger partial charge < -0.3 is 10.6 Å². The van der Waals surface area contributed by atoms with Gasteiger partial charge in [0.15, 0.2) is 0 Å². The third-order valence-electron chi connectivity index (χ3n) is 2.84. The average Bonchev–Trinajstić information content (AvgIpc) is 2.14. The maximum absolute atomic E-state index is 13.3. The third kappa shape index (κ3) is 2.43. The van der Waals surface area contributed by atoms with Crippen LogP contribution in [0.3, 0.4) is 0 Å². The van der Waals surface area contributed by atoms with Crippen LogP contribution in [0, 0.1) is 6.92 Å². The molecule has 1 heterocycles. The van der Waals surface area contributed by atoms with Crippen molar-refractivity contribution in [3.05, 3.63) is 23.8 Å². The zero-order valence-electron chi connectivity index (χ0n) is 9.34. The van der Waals surface area contributed by atoms with Gasteiger partial charge in [-0.15, -0.1) is 0 Å². The lowest BCUT2D eigenvalue weighted by atomic mass is 10.1. The van der Waals surface area contributed by atoms with Crippen LogP contribution in [0.25, 0.3) is 0 Å². The van der Waals surface area contributed by atoms with Crippen LogP contribution in [0.1, 0.15) is 18.4 Å². The van der Waals surface area contributed by atoms with Crippen LogP contribution >= 0.6 is 0 Å². The number of piperidine rings is 1. The van der Waals surface area contributed by atoms with Crippen molar-refractivity contribution in [1.82, 2.24) is 0 Å². The number of nitrogens with zero attached hydrogens (tertiary/aromatic N) is 1. The van der Waals surface area contributed by atoms with Gasteiger partial charge in [-0.1, -0.05) is 0 Å². The van der Waals surface area contributed by atoms with Crippen molar-refractivity contribution in [3.8, 4) is 0 Å². The normalized spacial score (nSPS) is 19.8. The largest absolute Gasteiger partial charge is 0.399 e. The summed E-state index contributed by atoms with van der Waals surface area (Å²) in [5.74, 6) is -2.57. The van der Waals surface area contributed by atoms with E-state index in [9.17, 15) is 8.78 Å². The Morgan fingerprint density at radius 1 is 1.31 bits per heavy atom. The van der Waals surface area contributed by atoms with E-state index in [0.29, 0.717) is 18.7 Å². The molecule has 0 radical (unpaired) electrons.